The molecule has 27 heavy (non-hydrogen) atoms. The van der Waals surface area contributed by atoms with E-state index in [1.807, 2.05) is 0 Å². The van der Waals surface area contributed by atoms with Gasteiger partial charge in [0, 0.05) is 13.1 Å². The van der Waals surface area contributed by atoms with E-state index in [0.717, 1.165) is 0 Å². The van der Waals surface area contributed by atoms with Crippen molar-refractivity contribution in [2.75, 3.05) is 38.1 Å². The number of hydrogen-bond donors (Lipinski definition) is 1. The first-order valence-corrected chi connectivity index (χ1v) is 10.1. The Balaban J connectivity index is 1.77. The van der Waals surface area contributed by atoms with Crippen LogP contribution in [0.15, 0.2) is 47.4 Å². The number of amides is 1. The molecule has 1 N–H and O–H groups in total. The molecule has 0 spiro atoms. The highest BCUT2D eigenvalue weighted by molar-refractivity contribution is 7.92. The number of morpholine rings is 1. The van der Waals surface area contributed by atoms with Crippen molar-refractivity contribution in [3.8, 4) is 5.75 Å². The molecule has 2 aromatic rings. The number of hydrogen-bond acceptors (Lipinski definition) is 5. The number of nitrogens with zero attached hydrogens (tertiary/aromatic N) is 1. The second-order valence-corrected chi connectivity index (χ2v) is 7.97. The van der Waals surface area contributed by atoms with E-state index in [1.165, 1.54) is 37.4 Å². The van der Waals surface area contributed by atoms with Gasteiger partial charge in [0.2, 0.25) is 0 Å². The number of anilines is 1. The summed E-state index contributed by atoms with van der Waals surface area (Å²) in [5, 5.41) is 0.182. The molecule has 2 aromatic carbocycles. The number of methoxy groups -OCH3 is 1. The lowest BCUT2D eigenvalue weighted by Gasteiger charge is -2.27. The summed E-state index contributed by atoms with van der Waals surface area (Å²) in [6.45, 7) is 1.98. The fourth-order valence-electron chi connectivity index (χ4n) is 2.66. The molecular formula is C18H19ClN2O5S. The van der Waals surface area contributed by atoms with Crippen molar-refractivity contribution >= 4 is 33.2 Å². The van der Waals surface area contributed by atoms with Gasteiger partial charge in [0.1, 0.15) is 5.75 Å². The summed E-state index contributed by atoms with van der Waals surface area (Å²) >= 11 is 6.23. The average Bonchev–Trinajstić information content (AvgIpc) is 2.68. The molecule has 1 amide bonds. The first-order chi connectivity index (χ1) is 12.9. The van der Waals surface area contributed by atoms with Crippen molar-refractivity contribution in [3.63, 3.8) is 0 Å². The minimum Gasteiger partial charge on any atom is -0.497 e. The van der Waals surface area contributed by atoms with Crippen LogP contribution < -0.4 is 9.46 Å². The number of carbonyl (C=O) groups is 1. The standard InChI is InChI=1S/C18H19ClN2O5S/c1-25-14-3-5-15(6-4-14)27(23,24)20-13-2-7-16(17(19)12-13)18(22)21-8-10-26-11-9-21/h2-7,12,20H,8-11H2,1H3. The van der Waals surface area contributed by atoms with Gasteiger partial charge in [-0.3, -0.25) is 9.52 Å². The first-order valence-electron chi connectivity index (χ1n) is 8.24. The van der Waals surface area contributed by atoms with E-state index in [2.05, 4.69) is 4.72 Å². The normalized spacial score (nSPS) is 14.7. The smallest absolute Gasteiger partial charge is 0.261 e. The molecular weight excluding hydrogens is 392 g/mol. The van der Waals surface area contributed by atoms with Crippen LogP contribution in [0, 0.1) is 0 Å². The monoisotopic (exact) mass is 410 g/mol. The maximum absolute atomic E-state index is 12.5. The summed E-state index contributed by atoms with van der Waals surface area (Å²) in [4.78, 5) is 14.3. The van der Waals surface area contributed by atoms with Gasteiger partial charge in [-0.25, -0.2) is 8.42 Å². The van der Waals surface area contributed by atoms with Gasteiger partial charge >= 0.3 is 0 Å². The van der Waals surface area contributed by atoms with Crippen molar-refractivity contribution in [1.82, 2.24) is 4.90 Å². The summed E-state index contributed by atoms with van der Waals surface area (Å²) in [6.07, 6.45) is 0. The molecule has 9 heteroatoms. The van der Waals surface area contributed by atoms with E-state index >= 15 is 0 Å². The SMILES string of the molecule is COc1ccc(S(=O)(=O)Nc2ccc(C(=O)N3CCOCC3)c(Cl)c2)cc1. The molecule has 1 aliphatic heterocycles. The maximum atomic E-state index is 12.5. The molecule has 144 valence electrons. The molecule has 1 fully saturated rings. The van der Waals surface area contributed by atoms with Crippen molar-refractivity contribution in [1.29, 1.82) is 0 Å². The number of ether oxygens (including phenoxy) is 2. The van der Waals surface area contributed by atoms with E-state index in [4.69, 9.17) is 21.1 Å². The topological polar surface area (TPSA) is 84.9 Å². The van der Waals surface area contributed by atoms with Crippen molar-refractivity contribution in [3.05, 3.63) is 53.1 Å². The molecule has 1 aliphatic rings. The lowest BCUT2D eigenvalue weighted by Crippen LogP contribution is -2.40. The summed E-state index contributed by atoms with van der Waals surface area (Å²) in [7, 11) is -2.28. The highest BCUT2D eigenvalue weighted by Gasteiger charge is 2.21. The Labute approximate surface area is 162 Å². The van der Waals surface area contributed by atoms with Crippen molar-refractivity contribution in [2.24, 2.45) is 0 Å². The zero-order chi connectivity index (χ0) is 19.4. The maximum Gasteiger partial charge on any atom is 0.261 e. The number of nitrogens with one attached hydrogen (secondary N) is 1. The van der Waals surface area contributed by atoms with Gasteiger partial charge in [-0.05, 0) is 42.5 Å². The zero-order valence-electron chi connectivity index (χ0n) is 14.6. The lowest BCUT2D eigenvalue weighted by atomic mass is 10.1. The van der Waals surface area contributed by atoms with E-state index in [9.17, 15) is 13.2 Å². The molecule has 0 bridgehead atoms. The van der Waals surface area contributed by atoms with Crippen LogP contribution in [0.2, 0.25) is 5.02 Å². The molecule has 0 atom stereocenters. The molecule has 0 aliphatic carbocycles. The molecule has 0 saturated carbocycles. The summed E-state index contributed by atoms with van der Waals surface area (Å²) < 4.78 is 37.7. The number of carbonyl (C=O) groups excluding carboxylic acids is 1. The molecule has 1 heterocycles. The number of rotatable bonds is 5. The fourth-order valence-corrected chi connectivity index (χ4v) is 3.97. The van der Waals surface area contributed by atoms with E-state index < -0.39 is 10.0 Å². The number of benzene rings is 2. The quantitative estimate of drug-likeness (QED) is 0.819. The van der Waals surface area contributed by atoms with Gasteiger partial charge in [0.15, 0.2) is 0 Å². The number of sulfonamides is 1. The van der Waals surface area contributed by atoms with Crippen LogP contribution in [0.3, 0.4) is 0 Å². The zero-order valence-corrected chi connectivity index (χ0v) is 16.2. The van der Waals surface area contributed by atoms with Gasteiger partial charge in [-0.15, -0.1) is 0 Å². The van der Waals surface area contributed by atoms with Gasteiger partial charge in [-0.1, -0.05) is 11.6 Å². The van der Waals surface area contributed by atoms with Crippen LogP contribution in [0.4, 0.5) is 5.69 Å². The highest BCUT2D eigenvalue weighted by Crippen LogP contribution is 2.25. The average molecular weight is 411 g/mol. The Morgan fingerprint density at radius 2 is 1.81 bits per heavy atom. The summed E-state index contributed by atoms with van der Waals surface area (Å²) in [6, 6.07) is 10.5. The molecule has 0 unspecified atom stereocenters. The summed E-state index contributed by atoms with van der Waals surface area (Å²) in [5.74, 6) is 0.357. The van der Waals surface area contributed by atoms with E-state index in [1.54, 1.807) is 17.0 Å². The molecule has 7 nitrogen and oxygen atoms in total. The third kappa shape index (κ3) is 4.52. The minimum absolute atomic E-state index is 0.0906. The largest absolute Gasteiger partial charge is 0.497 e. The van der Waals surface area contributed by atoms with Gasteiger partial charge in [0.25, 0.3) is 15.9 Å². The van der Waals surface area contributed by atoms with Crippen LogP contribution >= 0.6 is 11.6 Å². The second kappa shape index (κ2) is 8.16. The van der Waals surface area contributed by atoms with Crippen molar-refractivity contribution in [2.45, 2.75) is 4.90 Å². The minimum atomic E-state index is -3.78. The Morgan fingerprint density at radius 1 is 1.15 bits per heavy atom. The Morgan fingerprint density at radius 3 is 2.41 bits per heavy atom. The Bertz CT molecular complexity index is 925. The van der Waals surface area contributed by atoms with Gasteiger partial charge < -0.3 is 14.4 Å². The van der Waals surface area contributed by atoms with Gasteiger partial charge in [-0.2, -0.15) is 0 Å². The third-order valence-corrected chi connectivity index (χ3v) is 5.83. The fraction of sp³-hybridized carbons (Fsp3) is 0.278. The van der Waals surface area contributed by atoms with Crippen LogP contribution in [0.25, 0.3) is 0 Å². The van der Waals surface area contributed by atoms with Gasteiger partial charge in [0.05, 0.1) is 41.5 Å². The molecule has 1 saturated heterocycles. The van der Waals surface area contributed by atoms with E-state index in [-0.39, 0.29) is 21.5 Å². The predicted octanol–water partition coefficient (Wildman–Crippen LogP) is 2.62. The summed E-state index contributed by atoms with van der Waals surface area (Å²) in [5.41, 5.74) is 0.598. The van der Waals surface area contributed by atoms with Crippen molar-refractivity contribution < 1.29 is 22.7 Å². The number of halogens is 1. The molecule has 0 radical (unpaired) electrons. The Kier molecular flexibility index (Phi) is 5.88. The predicted molar refractivity (Wildman–Crippen MR) is 102 cm³/mol. The first kappa shape index (κ1) is 19.5. The third-order valence-electron chi connectivity index (χ3n) is 4.12. The van der Waals surface area contributed by atoms with E-state index in [0.29, 0.717) is 37.6 Å². The van der Waals surface area contributed by atoms with Crippen LogP contribution in [0.1, 0.15) is 10.4 Å². The molecule has 3 rings (SSSR count). The van der Waals surface area contributed by atoms with Crippen LogP contribution in [0.5, 0.6) is 5.75 Å². The van der Waals surface area contributed by atoms with Crippen LogP contribution in [-0.4, -0.2) is 52.6 Å². The Hall–Kier alpha value is -2.29. The highest BCUT2D eigenvalue weighted by atomic mass is 35.5. The lowest BCUT2D eigenvalue weighted by molar-refractivity contribution is 0.0303. The second-order valence-electron chi connectivity index (χ2n) is 5.88. The molecule has 0 aromatic heterocycles. The van der Waals surface area contributed by atoms with Crippen LogP contribution in [-0.2, 0) is 14.8 Å².